The number of rotatable bonds is 10. The number of hydrogen-bond donors (Lipinski definition) is 2. The van der Waals surface area contributed by atoms with Crippen molar-refractivity contribution in [2.24, 2.45) is 13.0 Å². The number of pyridine rings is 1. The number of hydrogen-bond acceptors (Lipinski definition) is 12. The predicted octanol–water partition coefficient (Wildman–Crippen LogP) is 5.11. The predicted molar refractivity (Wildman–Crippen MR) is 230 cm³/mol. The van der Waals surface area contributed by atoms with E-state index in [1.54, 1.807) is 24.1 Å². The van der Waals surface area contributed by atoms with Crippen molar-refractivity contribution < 1.29 is 19.1 Å². The first kappa shape index (κ1) is 39.3. The molecule has 2 aliphatic carbocycles. The number of imide groups is 1. The molecule has 316 valence electrons. The highest BCUT2D eigenvalue weighted by molar-refractivity contribution is 9.10. The van der Waals surface area contributed by atoms with E-state index in [9.17, 15) is 14.4 Å². The minimum Gasteiger partial charge on any atom is -0.471 e. The Kier molecular flexibility index (Phi) is 10.4. The maximum atomic E-state index is 13.3. The summed E-state index contributed by atoms with van der Waals surface area (Å²) in [7, 11) is 1.74. The number of carbonyl (C=O) groups excluding carboxylic acids is 2. The first-order chi connectivity index (χ1) is 29.1. The molecule has 10 rings (SSSR count). The summed E-state index contributed by atoms with van der Waals surface area (Å²) in [5.74, 6) is 1.51. The average molecular weight is 883 g/mol. The van der Waals surface area contributed by atoms with E-state index in [0.29, 0.717) is 29.8 Å². The van der Waals surface area contributed by atoms with E-state index in [2.05, 4.69) is 68.0 Å². The number of nitrogens with zero attached hydrogens (tertiary/aromatic N) is 9. The second-order valence-corrected chi connectivity index (χ2v) is 18.5. The van der Waals surface area contributed by atoms with Crippen molar-refractivity contribution >= 4 is 61.2 Å². The standard InChI is InChI=1S/C43H52BrN11O5/c1-43(11-12-43)60-39-19-29-32(23-45-39)49-50-40(29)31-21-37(47-25-46-31)54-17-15-52(16-18-54)24-26-3-5-27(6-4-26)59-28-9-13-53(14-10-28)34-22-35-36(20-30(34)44)55(42(58)51(35)2)33-7-8-38(56)48-41(33)57/h19-23,25-28,33H,3-18,24H2,1-2H3,(H,49,50)(H,48,56,57). The third kappa shape index (κ3) is 7.79. The van der Waals surface area contributed by atoms with E-state index in [1.807, 2.05) is 24.3 Å². The number of piperazine rings is 1. The van der Waals surface area contributed by atoms with Crippen molar-refractivity contribution in [2.45, 2.75) is 95.0 Å². The normalized spacial score (nSPS) is 24.0. The molecule has 3 saturated heterocycles. The van der Waals surface area contributed by atoms with Gasteiger partial charge in [0.1, 0.15) is 29.5 Å². The van der Waals surface area contributed by atoms with Crippen LogP contribution in [0, 0.1) is 5.92 Å². The second-order valence-electron chi connectivity index (χ2n) is 17.7. The molecule has 16 nitrogen and oxygen atoms in total. The molecular weight excluding hydrogens is 830 g/mol. The van der Waals surface area contributed by atoms with Gasteiger partial charge in [-0.3, -0.25) is 34.0 Å². The zero-order valence-corrected chi connectivity index (χ0v) is 35.8. The Labute approximate surface area is 356 Å². The van der Waals surface area contributed by atoms with Gasteiger partial charge in [0.15, 0.2) is 0 Å². The van der Waals surface area contributed by atoms with Crippen LogP contribution in [0.15, 0.2) is 46.1 Å². The zero-order chi connectivity index (χ0) is 41.1. The summed E-state index contributed by atoms with van der Waals surface area (Å²) in [6.07, 6.45) is 13.1. The fourth-order valence-electron chi connectivity index (χ4n) is 9.65. The Hall–Kier alpha value is -4.87. The molecule has 1 aromatic carbocycles. The molecule has 60 heavy (non-hydrogen) atoms. The Morgan fingerprint density at radius 1 is 0.850 bits per heavy atom. The van der Waals surface area contributed by atoms with Gasteiger partial charge in [0.05, 0.1) is 46.3 Å². The van der Waals surface area contributed by atoms with Gasteiger partial charge in [-0.1, -0.05) is 0 Å². The molecule has 5 aromatic rings. The summed E-state index contributed by atoms with van der Waals surface area (Å²) >= 11 is 3.77. The number of benzene rings is 1. The first-order valence-electron chi connectivity index (χ1n) is 21.5. The SMILES string of the molecule is Cn1c(=O)n(C2CCC(=O)NC2=O)c2cc(Br)c(N3CCC(OC4CCC(CN5CCN(c6cc(-c7n[nH]c8cnc(OC9(C)CC9)cc78)ncn6)CC5)CC4)CC3)cc21. The Morgan fingerprint density at radius 2 is 1.62 bits per heavy atom. The topological polar surface area (TPSA) is 169 Å². The lowest BCUT2D eigenvalue weighted by Crippen LogP contribution is -2.48. The van der Waals surface area contributed by atoms with Crippen LogP contribution >= 0.6 is 15.9 Å². The highest BCUT2D eigenvalue weighted by Crippen LogP contribution is 2.40. The van der Waals surface area contributed by atoms with Crippen molar-refractivity contribution in [3.63, 3.8) is 0 Å². The van der Waals surface area contributed by atoms with Gasteiger partial charge >= 0.3 is 5.69 Å². The lowest BCUT2D eigenvalue weighted by molar-refractivity contribution is -0.135. The highest BCUT2D eigenvalue weighted by Gasteiger charge is 2.40. The molecule has 0 radical (unpaired) electrons. The minimum atomic E-state index is -0.707. The van der Waals surface area contributed by atoms with Gasteiger partial charge in [0.25, 0.3) is 0 Å². The van der Waals surface area contributed by atoms with Crippen LogP contribution in [0.1, 0.15) is 77.2 Å². The lowest BCUT2D eigenvalue weighted by atomic mass is 9.86. The van der Waals surface area contributed by atoms with E-state index < -0.39 is 11.9 Å². The monoisotopic (exact) mass is 881 g/mol. The van der Waals surface area contributed by atoms with Crippen molar-refractivity contribution in [3.05, 3.63) is 51.7 Å². The molecule has 2 saturated carbocycles. The van der Waals surface area contributed by atoms with Gasteiger partial charge < -0.3 is 19.3 Å². The molecule has 2 N–H and O–H groups in total. The Morgan fingerprint density at radius 3 is 2.37 bits per heavy atom. The zero-order valence-electron chi connectivity index (χ0n) is 34.2. The number of piperidine rings is 2. The maximum Gasteiger partial charge on any atom is 0.329 e. The Bertz CT molecular complexity index is 2490. The average Bonchev–Trinajstić information content (AvgIpc) is 3.74. The van der Waals surface area contributed by atoms with Crippen LogP contribution in [0.3, 0.4) is 0 Å². The van der Waals surface area contributed by atoms with Crippen LogP contribution in [0.5, 0.6) is 5.88 Å². The highest BCUT2D eigenvalue weighted by atomic mass is 79.9. The summed E-state index contributed by atoms with van der Waals surface area (Å²) < 4.78 is 16.9. The number of halogens is 1. The molecule has 1 atom stereocenters. The molecule has 5 aliphatic rings. The molecular formula is C43H52BrN11O5. The number of amides is 2. The van der Waals surface area contributed by atoms with Crippen molar-refractivity contribution in [1.29, 1.82) is 0 Å². The largest absolute Gasteiger partial charge is 0.471 e. The Balaban J connectivity index is 0.685. The molecule has 3 aliphatic heterocycles. The number of nitrogens with one attached hydrogen (secondary N) is 2. The number of aromatic amines is 1. The molecule has 7 heterocycles. The molecule has 2 amide bonds. The number of H-pyrrole nitrogens is 1. The number of aryl methyl sites for hydroxylation is 1. The number of anilines is 2. The third-order valence-electron chi connectivity index (χ3n) is 13.5. The van der Waals surface area contributed by atoms with Crippen molar-refractivity contribution in [3.8, 4) is 17.3 Å². The second kappa shape index (κ2) is 15.9. The third-order valence-corrected chi connectivity index (χ3v) is 14.1. The minimum absolute atomic E-state index is 0.105. The van der Waals surface area contributed by atoms with Gasteiger partial charge in [-0.2, -0.15) is 5.10 Å². The van der Waals surface area contributed by atoms with Crippen LogP contribution in [-0.2, 0) is 21.4 Å². The van der Waals surface area contributed by atoms with E-state index in [-0.39, 0.29) is 29.7 Å². The number of carbonyl (C=O) groups is 2. The van der Waals surface area contributed by atoms with Crippen molar-refractivity contribution in [1.82, 2.24) is 44.5 Å². The van der Waals surface area contributed by atoms with Crippen LogP contribution in [0.2, 0.25) is 0 Å². The van der Waals surface area contributed by atoms with Gasteiger partial charge in [-0.25, -0.2) is 19.7 Å². The van der Waals surface area contributed by atoms with Crippen LogP contribution in [0.4, 0.5) is 11.5 Å². The summed E-state index contributed by atoms with van der Waals surface area (Å²) in [6.45, 7) is 8.84. The summed E-state index contributed by atoms with van der Waals surface area (Å²) in [5, 5.41) is 11.0. The number of fused-ring (bicyclic) bond motifs is 2. The van der Waals surface area contributed by atoms with Crippen molar-refractivity contribution in [2.75, 3.05) is 55.6 Å². The van der Waals surface area contributed by atoms with Gasteiger partial charge in [0, 0.05) is 81.3 Å². The van der Waals surface area contributed by atoms with E-state index in [0.717, 1.165) is 128 Å². The molecule has 5 fully saturated rings. The number of aromatic nitrogens is 7. The molecule has 4 aromatic heterocycles. The summed E-state index contributed by atoms with van der Waals surface area (Å²) in [5.41, 5.74) is 4.53. The maximum absolute atomic E-state index is 13.3. The van der Waals surface area contributed by atoms with Gasteiger partial charge in [0.2, 0.25) is 17.7 Å². The molecule has 1 unspecified atom stereocenters. The smallest absolute Gasteiger partial charge is 0.329 e. The molecule has 0 spiro atoms. The van der Waals surface area contributed by atoms with E-state index >= 15 is 0 Å². The van der Waals surface area contributed by atoms with Gasteiger partial charge in [-0.15, -0.1) is 0 Å². The quantitative estimate of drug-likeness (QED) is 0.178. The molecule has 0 bridgehead atoms. The fourth-order valence-corrected chi connectivity index (χ4v) is 10.2. The van der Waals surface area contributed by atoms with E-state index in [4.69, 9.17) is 9.47 Å². The summed E-state index contributed by atoms with van der Waals surface area (Å²) in [4.78, 5) is 58.8. The number of ether oxygens (including phenoxy) is 2. The molecule has 17 heteroatoms. The number of imidazole rings is 1. The fraction of sp³-hybridized carbons (Fsp3) is 0.558. The van der Waals surface area contributed by atoms with Crippen LogP contribution in [-0.4, -0.2) is 115 Å². The lowest BCUT2D eigenvalue weighted by Gasteiger charge is -2.39. The summed E-state index contributed by atoms with van der Waals surface area (Å²) in [6, 6.07) is 7.29. The first-order valence-corrected chi connectivity index (χ1v) is 22.3. The van der Waals surface area contributed by atoms with Crippen LogP contribution in [0.25, 0.3) is 33.3 Å². The van der Waals surface area contributed by atoms with Gasteiger partial charge in [-0.05, 0) is 98.7 Å². The van der Waals surface area contributed by atoms with Crippen LogP contribution < -0.4 is 25.5 Å². The van der Waals surface area contributed by atoms with E-state index in [1.165, 1.54) is 17.4 Å².